The van der Waals surface area contributed by atoms with Crippen LogP contribution in [0.25, 0.3) is 16.9 Å². The van der Waals surface area contributed by atoms with Crippen LogP contribution in [0.3, 0.4) is 0 Å². The van der Waals surface area contributed by atoms with Gasteiger partial charge in [-0.3, -0.25) is 14.5 Å². The molecule has 11 heteroatoms. The monoisotopic (exact) mass is 546 g/mol. The number of nitro groups is 1. The number of nitrogens with zero attached hydrogens (tertiary/aromatic N) is 4. The van der Waals surface area contributed by atoms with Crippen molar-refractivity contribution >= 4 is 35.0 Å². The van der Waals surface area contributed by atoms with Crippen molar-refractivity contribution in [1.82, 2.24) is 9.38 Å². The Kier molecular flexibility index (Phi) is 7.11. The minimum Gasteiger partial charge on any atom is -0.504 e. The van der Waals surface area contributed by atoms with Gasteiger partial charge in [0.1, 0.15) is 23.8 Å². The maximum Gasteiger partial charge on any atom is 0.311 e. The molecular formula is C28H20ClFN4O5. The quantitative estimate of drug-likeness (QED) is 0.131. The van der Waals surface area contributed by atoms with Gasteiger partial charge in [-0.1, -0.05) is 23.7 Å². The van der Waals surface area contributed by atoms with E-state index >= 15 is 0 Å². The molecule has 2 heterocycles. The average Bonchev–Trinajstić information content (AvgIpc) is 3.30. The molecule has 0 saturated heterocycles. The number of fused-ring (bicyclic) bond motifs is 1. The summed E-state index contributed by atoms with van der Waals surface area (Å²) in [6.07, 6.45) is 3.27. The Balaban J connectivity index is 1.49. The number of pyridine rings is 1. The van der Waals surface area contributed by atoms with Crippen LogP contribution in [0.5, 0.6) is 17.2 Å². The van der Waals surface area contributed by atoms with Gasteiger partial charge >= 0.3 is 5.69 Å². The third-order valence-electron chi connectivity index (χ3n) is 5.91. The third-order valence-corrected chi connectivity index (χ3v) is 6.26. The Labute approximate surface area is 226 Å². The van der Waals surface area contributed by atoms with E-state index in [-0.39, 0.29) is 40.1 Å². The molecule has 1 N–H and O–H groups in total. The largest absolute Gasteiger partial charge is 0.504 e. The predicted octanol–water partition coefficient (Wildman–Crippen LogP) is 6.75. The van der Waals surface area contributed by atoms with E-state index in [1.54, 1.807) is 28.8 Å². The molecule has 0 spiro atoms. The lowest BCUT2D eigenvalue weighted by atomic mass is 10.1. The van der Waals surface area contributed by atoms with Crippen LogP contribution in [0.4, 0.5) is 15.9 Å². The Hall–Kier alpha value is -4.96. The minimum atomic E-state index is -0.585. The Morgan fingerprint density at radius 1 is 1.13 bits per heavy atom. The maximum atomic E-state index is 14.1. The predicted molar refractivity (Wildman–Crippen MR) is 145 cm³/mol. The number of phenols is 1. The molecule has 0 bridgehead atoms. The molecule has 0 aliphatic rings. The number of phenolic OH excluding ortho intramolecular Hbond substituents is 1. The summed E-state index contributed by atoms with van der Waals surface area (Å²) in [5.74, 6) is 0.131. The molecule has 0 unspecified atom stereocenters. The number of aliphatic imine (C=N–C) groups is 1. The first-order chi connectivity index (χ1) is 18.9. The van der Waals surface area contributed by atoms with Crippen LogP contribution in [0, 0.1) is 15.9 Å². The highest BCUT2D eigenvalue weighted by Crippen LogP contribution is 2.36. The van der Waals surface area contributed by atoms with Gasteiger partial charge in [-0.2, -0.15) is 0 Å². The standard InChI is InChI=1S/C28H20ClFN4O5/c1-38-25-14-18(9-10-23(25)35)27-28(33-12-3-2-7-26(33)32-27)31-15-17-8-11-24(22(13-17)34(36)37)39-16-19-20(29)5-4-6-21(19)30/h2-15,35H,16H2,1H3. The van der Waals surface area contributed by atoms with Crippen molar-refractivity contribution in [3.63, 3.8) is 0 Å². The summed E-state index contributed by atoms with van der Waals surface area (Å²) >= 11 is 6.04. The van der Waals surface area contributed by atoms with E-state index in [4.69, 9.17) is 21.1 Å². The van der Waals surface area contributed by atoms with Gasteiger partial charge in [-0.05, 0) is 60.2 Å². The Bertz CT molecular complexity index is 1720. The summed E-state index contributed by atoms with van der Waals surface area (Å²) in [7, 11) is 1.45. The van der Waals surface area contributed by atoms with Gasteiger partial charge in [0.25, 0.3) is 0 Å². The lowest BCUT2D eigenvalue weighted by Crippen LogP contribution is -2.02. The van der Waals surface area contributed by atoms with Crippen LogP contribution in [-0.2, 0) is 6.61 Å². The van der Waals surface area contributed by atoms with E-state index in [0.29, 0.717) is 28.3 Å². The number of halogens is 2. The highest BCUT2D eigenvalue weighted by atomic mass is 35.5. The molecule has 0 radical (unpaired) electrons. The van der Waals surface area contributed by atoms with Crippen molar-refractivity contribution in [1.29, 1.82) is 0 Å². The summed E-state index contributed by atoms with van der Waals surface area (Å²) in [6, 6.07) is 18.9. The third kappa shape index (κ3) is 5.23. The molecule has 196 valence electrons. The van der Waals surface area contributed by atoms with Gasteiger partial charge < -0.3 is 14.6 Å². The molecule has 5 rings (SSSR count). The number of rotatable bonds is 8. The normalized spacial score (nSPS) is 11.3. The number of aromatic nitrogens is 2. The maximum absolute atomic E-state index is 14.1. The molecule has 9 nitrogen and oxygen atoms in total. The van der Waals surface area contributed by atoms with Crippen molar-refractivity contribution in [2.24, 2.45) is 4.99 Å². The molecule has 5 aromatic rings. The van der Waals surface area contributed by atoms with Crippen molar-refractivity contribution in [3.05, 3.63) is 111 Å². The summed E-state index contributed by atoms with van der Waals surface area (Å²) in [5, 5.41) is 21.9. The van der Waals surface area contributed by atoms with Crippen LogP contribution < -0.4 is 9.47 Å². The molecule has 0 aliphatic carbocycles. The molecule has 2 aromatic heterocycles. The first-order valence-corrected chi connectivity index (χ1v) is 12.0. The second-order valence-corrected chi connectivity index (χ2v) is 8.74. The van der Waals surface area contributed by atoms with E-state index in [1.807, 2.05) is 18.2 Å². The molecule has 0 fully saturated rings. The highest BCUT2D eigenvalue weighted by Gasteiger charge is 2.19. The topological polar surface area (TPSA) is 111 Å². The Morgan fingerprint density at radius 3 is 2.74 bits per heavy atom. The van der Waals surface area contributed by atoms with Crippen LogP contribution >= 0.6 is 11.6 Å². The van der Waals surface area contributed by atoms with Gasteiger partial charge in [0, 0.05) is 29.6 Å². The van der Waals surface area contributed by atoms with E-state index in [9.17, 15) is 19.6 Å². The number of hydrogen-bond acceptors (Lipinski definition) is 7. The highest BCUT2D eigenvalue weighted by molar-refractivity contribution is 6.31. The number of imidazole rings is 1. The summed E-state index contributed by atoms with van der Waals surface area (Å²) in [4.78, 5) is 20.5. The average molecular weight is 547 g/mol. The fraction of sp³-hybridized carbons (Fsp3) is 0.0714. The zero-order chi connectivity index (χ0) is 27.5. The molecule has 0 atom stereocenters. The number of aromatic hydroxyl groups is 1. The summed E-state index contributed by atoms with van der Waals surface area (Å²) < 4.78 is 26.7. The van der Waals surface area contributed by atoms with Crippen molar-refractivity contribution in [2.45, 2.75) is 6.61 Å². The van der Waals surface area contributed by atoms with Gasteiger partial charge in [0.2, 0.25) is 0 Å². The molecule has 0 amide bonds. The lowest BCUT2D eigenvalue weighted by Gasteiger charge is -2.09. The first kappa shape index (κ1) is 25.7. The number of benzene rings is 3. The van der Waals surface area contributed by atoms with Gasteiger partial charge in [0.15, 0.2) is 23.1 Å². The van der Waals surface area contributed by atoms with Crippen molar-refractivity contribution < 1.29 is 23.9 Å². The second-order valence-electron chi connectivity index (χ2n) is 8.33. The molecule has 0 saturated carbocycles. The van der Waals surface area contributed by atoms with Gasteiger partial charge in [-0.25, -0.2) is 14.4 Å². The molecular weight excluding hydrogens is 527 g/mol. The zero-order valence-electron chi connectivity index (χ0n) is 20.4. The summed E-state index contributed by atoms with van der Waals surface area (Å²) in [6.45, 7) is -0.277. The second kappa shape index (κ2) is 10.8. The van der Waals surface area contributed by atoms with Crippen molar-refractivity contribution in [3.8, 4) is 28.5 Å². The fourth-order valence-electron chi connectivity index (χ4n) is 3.96. The minimum absolute atomic E-state index is 0.0121. The number of nitro benzene ring substituents is 1. The van der Waals surface area contributed by atoms with E-state index < -0.39 is 10.7 Å². The van der Waals surface area contributed by atoms with E-state index in [0.717, 1.165) is 0 Å². The molecule has 0 aliphatic heterocycles. The van der Waals surface area contributed by atoms with Crippen LogP contribution in [0.1, 0.15) is 11.1 Å². The van der Waals surface area contributed by atoms with Crippen LogP contribution in [0.15, 0.2) is 84.0 Å². The smallest absolute Gasteiger partial charge is 0.311 e. The first-order valence-electron chi connectivity index (χ1n) is 11.6. The van der Waals surface area contributed by atoms with Gasteiger partial charge in [-0.15, -0.1) is 0 Å². The van der Waals surface area contributed by atoms with Crippen LogP contribution in [-0.4, -0.2) is 32.7 Å². The molecule has 39 heavy (non-hydrogen) atoms. The summed E-state index contributed by atoms with van der Waals surface area (Å²) in [5.41, 5.74) is 2.03. The molecule has 3 aromatic carbocycles. The number of methoxy groups -OCH3 is 1. The van der Waals surface area contributed by atoms with Crippen LogP contribution in [0.2, 0.25) is 5.02 Å². The van der Waals surface area contributed by atoms with Gasteiger partial charge in [0.05, 0.1) is 17.1 Å². The number of hydrogen-bond donors (Lipinski definition) is 1. The Morgan fingerprint density at radius 2 is 1.97 bits per heavy atom. The SMILES string of the molecule is COc1cc(-c2nc3ccccn3c2N=Cc2ccc(OCc3c(F)cccc3Cl)c([N+](=O)[O-])c2)ccc1O. The van der Waals surface area contributed by atoms with Crippen molar-refractivity contribution in [2.75, 3.05) is 7.11 Å². The van der Waals surface area contributed by atoms with E-state index in [1.165, 1.54) is 49.7 Å². The zero-order valence-corrected chi connectivity index (χ0v) is 21.2. The number of ether oxygens (including phenoxy) is 2. The lowest BCUT2D eigenvalue weighted by molar-refractivity contribution is -0.386. The van der Waals surface area contributed by atoms with E-state index in [2.05, 4.69) is 9.98 Å². The fourth-order valence-corrected chi connectivity index (χ4v) is 4.18.